The second-order valence-corrected chi connectivity index (χ2v) is 5.04. The summed E-state index contributed by atoms with van der Waals surface area (Å²) in [6, 6.07) is 17.0. The van der Waals surface area contributed by atoms with Crippen molar-refractivity contribution in [3.05, 3.63) is 69.3 Å². The van der Waals surface area contributed by atoms with E-state index in [4.69, 9.17) is 5.73 Å². The van der Waals surface area contributed by atoms with E-state index in [1.807, 2.05) is 54.6 Å². The molecule has 0 unspecified atom stereocenters. The Morgan fingerprint density at radius 1 is 1.06 bits per heavy atom. The van der Waals surface area contributed by atoms with E-state index in [2.05, 4.69) is 27.9 Å². The van der Waals surface area contributed by atoms with E-state index in [0.29, 0.717) is 0 Å². The summed E-state index contributed by atoms with van der Waals surface area (Å²) < 4.78 is 1.10. The minimum Gasteiger partial charge on any atom is -0.352 e. The quantitative estimate of drug-likeness (QED) is 0.820. The molecule has 4 heteroatoms. The summed E-state index contributed by atoms with van der Waals surface area (Å²) in [7, 11) is 0. The molecule has 0 saturated heterocycles. The summed E-state index contributed by atoms with van der Waals surface area (Å²) in [5, 5.41) is 2.79. The first-order valence-electron chi connectivity index (χ1n) is 5.54. The fourth-order valence-corrected chi connectivity index (χ4v) is 2.54. The Morgan fingerprint density at radius 2 is 1.67 bits per heavy atom. The number of amides is 2. The van der Waals surface area contributed by atoms with Crippen LogP contribution in [0.2, 0.25) is 0 Å². The average molecular weight is 352 g/mol. The summed E-state index contributed by atoms with van der Waals surface area (Å²) in [5.74, 6) is 0. The highest BCUT2D eigenvalue weighted by Gasteiger charge is 2.17. The first kappa shape index (κ1) is 12.9. The normalized spacial score (nSPS) is 11.8. The van der Waals surface area contributed by atoms with Gasteiger partial charge >= 0.3 is 6.03 Å². The fourth-order valence-electron chi connectivity index (χ4n) is 1.84. The number of nitrogens with one attached hydrogen (secondary N) is 1. The molecule has 0 aromatic heterocycles. The Kier molecular flexibility index (Phi) is 4.19. The Hall–Kier alpha value is -1.56. The summed E-state index contributed by atoms with van der Waals surface area (Å²) in [5.41, 5.74) is 7.32. The van der Waals surface area contributed by atoms with Gasteiger partial charge in [-0.3, -0.25) is 0 Å². The molecule has 0 fully saturated rings. The molecule has 3 N–H and O–H groups in total. The van der Waals surface area contributed by atoms with Crippen molar-refractivity contribution in [1.29, 1.82) is 0 Å². The predicted molar refractivity (Wildman–Crippen MR) is 80.2 cm³/mol. The average Bonchev–Trinajstić information content (AvgIpc) is 2.38. The van der Waals surface area contributed by atoms with E-state index in [1.165, 1.54) is 0 Å². The van der Waals surface area contributed by atoms with Crippen LogP contribution in [0, 0.1) is 3.57 Å². The summed E-state index contributed by atoms with van der Waals surface area (Å²) in [4.78, 5) is 11.2. The van der Waals surface area contributed by atoms with Crippen LogP contribution < -0.4 is 11.1 Å². The first-order chi connectivity index (χ1) is 8.68. The number of nitrogens with two attached hydrogens (primary N) is 1. The predicted octanol–water partition coefficient (Wildman–Crippen LogP) is 3.05. The van der Waals surface area contributed by atoms with Gasteiger partial charge in [-0.25, -0.2) is 4.79 Å². The van der Waals surface area contributed by atoms with E-state index in [0.717, 1.165) is 14.7 Å². The van der Waals surface area contributed by atoms with Crippen LogP contribution in [0.25, 0.3) is 0 Å². The smallest absolute Gasteiger partial charge is 0.312 e. The number of benzene rings is 2. The Labute approximate surface area is 120 Å². The molecule has 2 rings (SSSR count). The lowest BCUT2D eigenvalue weighted by atomic mass is 9.99. The second kappa shape index (κ2) is 5.86. The number of halogens is 1. The Morgan fingerprint density at radius 3 is 2.28 bits per heavy atom. The molecule has 0 aliphatic heterocycles. The lowest BCUT2D eigenvalue weighted by Crippen LogP contribution is -2.34. The van der Waals surface area contributed by atoms with Crippen molar-refractivity contribution in [2.45, 2.75) is 6.04 Å². The largest absolute Gasteiger partial charge is 0.352 e. The van der Waals surface area contributed by atoms with E-state index >= 15 is 0 Å². The molecule has 2 aromatic carbocycles. The molecule has 0 bridgehead atoms. The Balaban J connectivity index is 2.44. The molecule has 0 aliphatic carbocycles. The lowest BCUT2D eigenvalue weighted by molar-refractivity contribution is 0.247. The summed E-state index contributed by atoms with van der Waals surface area (Å²) in [6.45, 7) is 0. The third-order valence-electron chi connectivity index (χ3n) is 2.64. The summed E-state index contributed by atoms with van der Waals surface area (Å²) in [6.07, 6.45) is 0. The zero-order valence-electron chi connectivity index (χ0n) is 9.64. The number of hydrogen-bond acceptors (Lipinski definition) is 1. The SMILES string of the molecule is NC(=O)N[C@@H](c1ccccc1)c1ccccc1I. The van der Waals surface area contributed by atoms with Gasteiger partial charge in [-0.05, 0) is 39.8 Å². The third-order valence-corrected chi connectivity index (χ3v) is 3.62. The topological polar surface area (TPSA) is 55.1 Å². The van der Waals surface area contributed by atoms with Gasteiger partial charge in [0, 0.05) is 3.57 Å². The minimum atomic E-state index is -0.525. The molecular weight excluding hydrogens is 339 g/mol. The van der Waals surface area contributed by atoms with E-state index in [9.17, 15) is 4.79 Å². The zero-order valence-corrected chi connectivity index (χ0v) is 11.8. The number of urea groups is 1. The van der Waals surface area contributed by atoms with E-state index in [-0.39, 0.29) is 6.04 Å². The number of rotatable bonds is 3. The number of hydrogen-bond donors (Lipinski definition) is 2. The molecule has 0 heterocycles. The van der Waals surface area contributed by atoms with Gasteiger partial charge in [0.05, 0.1) is 6.04 Å². The maximum Gasteiger partial charge on any atom is 0.312 e. The first-order valence-corrected chi connectivity index (χ1v) is 6.61. The van der Waals surface area contributed by atoms with Gasteiger partial charge in [0.1, 0.15) is 0 Å². The van der Waals surface area contributed by atoms with Gasteiger partial charge in [-0.2, -0.15) is 0 Å². The molecular formula is C14H13IN2O. The van der Waals surface area contributed by atoms with Crippen molar-refractivity contribution in [2.24, 2.45) is 5.73 Å². The van der Waals surface area contributed by atoms with Crippen LogP contribution in [-0.4, -0.2) is 6.03 Å². The third kappa shape index (κ3) is 3.01. The monoisotopic (exact) mass is 352 g/mol. The zero-order chi connectivity index (χ0) is 13.0. The van der Waals surface area contributed by atoms with Crippen molar-refractivity contribution in [2.75, 3.05) is 0 Å². The molecule has 3 nitrogen and oxygen atoms in total. The van der Waals surface area contributed by atoms with Gasteiger partial charge < -0.3 is 11.1 Å². The number of carbonyl (C=O) groups is 1. The molecule has 18 heavy (non-hydrogen) atoms. The fraction of sp³-hybridized carbons (Fsp3) is 0.0714. The van der Waals surface area contributed by atoms with E-state index < -0.39 is 6.03 Å². The van der Waals surface area contributed by atoms with Crippen LogP contribution in [0.5, 0.6) is 0 Å². The van der Waals surface area contributed by atoms with Crippen molar-refractivity contribution < 1.29 is 4.79 Å². The van der Waals surface area contributed by atoms with Gasteiger partial charge in [0.25, 0.3) is 0 Å². The van der Waals surface area contributed by atoms with Gasteiger partial charge in [0.15, 0.2) is 0 Å². The highest BCUT2D eigenvalue weighted by Crippen LogP contribution is 2.25. The lowest BCUT2D eigenvalue weighted by Gasteiger charge is -2.19. The second-order valence-electron chi connectivity index (χ2n) is 3.87. The van der Waals surface area contributed by atoms with Gasteiger partial charge in [0.2, 0.25) is 0 Å². The molecule has 0 aliphatic rings. The maximum absolute atomic E-state index is 11.2. The molecule has 2 amide bonds. The van der Waals surface area contributed by atoms with Crippen LogP contribution in [0.1, 0.15) is 17.2 Å². The molecule has 1 atom stereocenters. The van der Waals surface area contributed by atoms with Crippen LogP contribution in [0.4, 0.5) is 4.79 Å². The molecule has 92 valence electrons. The van der Waals surface area contributed by atoms with Crippen LogP contribution in [0.15, 0.2) is 54.6 Å². The Bertz CT molecular complexity index is 543. The van der Waals surface area contributed by atoms with Gasteiger partial charge in [-0.1, -0.05) is 48.5 Å². The standard InChI is InChI=1S/C14H13IN2O/c15-12-9-5-4-8-11(12)13(17-14(16)18)10-6-2-1-3-7-10/h1-9,13H,(H3,16,17,18)/t13-/m0/s1. The number of carbonyl (C=O) groups excluding carboxylic acids is 1. The highest BCUT2D eigenvalue weighted by molar-refractivity contribution is 14.1. The van der Waals surface area contributed by atoms with Gasteiger partial charge in [-0.15, -0.1) is 0 Å². The molecule has 0 spiro atoms. The summed E-state index contributed by atoms with van der Waals surface area (Å²) >= 11 is 2.26. The number of primary amides is 1. The van der Waals surface area contributed by atoms with Crippen molar-refractivity contribution >= 4 is 28.6 Å². The molecule has 0 saturated carbocycles. The van der Waals surface area contributed by atoms with Crippen molar-refractivity contribution in [3.63, 3.8) is 0 Å². The minimum absolute atomic E-state index is 0.211. The van der Waals surface area contributed by atoms with E-state index in [1.54, 1.807) is 0 Å². The highest BCUT2D eigenvalue weighted by atomic mass is 127. The molecule has 2 aromatic rings. The van der Waals surface area contributed by atoms with Crippen LogP contribution in [0.3, 0.4) is 0 Å². The maximum atomic E-state index is 11.2. The molecule has 0 radical (unpaired) electrons. The van der Waals surface area contributed by atoms with Crippen LogP contribution >= 0.6 is 22.6 Å². The van der Waals surface area contributed by atoms with Crippen molar-refractivity contribution in [1.82, 2.24) is 5.32 Å². The van der Waals surface area contributed by atoms with Crippen LogP contribution in [-0.2, 0) is 0 Å². The van der Waals surface area contributed by atoms with Crippen molar-refractivity contribution in [3.8, 4) is 0 Å².